The number of aryl methyl sites for hydroxylation is 2. The summed E-state index contributed by atoms with van der Waals surface area (Å²) in [5.41, 5.74) is 7.38. The van der Waals surface area contributed by atoms with Crippen LogP contribution in [0.15, 0.2) is 30.6 Å². The molecule has 0 saturated carbocycles. The number of nitrogen functional groups attached to an aromatic ring is 1. The molecule has 2 N–H and O–H groups in total. The summed E-state index contributed by atoms with van der Waals surface area (Å²) in [4.78, 5) is 4.28. The lowest BCUT2D eigenvalue weighted by atomic mass is 10.3. The van der Waals surface area contributed by atoms with Gasteiger partial charge in [-0.25, -0.2) is 9.37 Å². The second kappa shape index (κ2) is 5.39. The Bertz CT molecular complexity index is 735. The van der Waals surface area contributed by atoms with Gasteiger partial charge in [0, 0.05) is 31.5 Å². The molecule has 0 fully saturated rings. The summed E-state index contributed by atoms with van der Waals surface area (Å²) in [6.45, 7) is 1.47. The van der Waals surface area contributed by atoms with E-state index in [1.54, 1.807) is 12.3 Å². The number of imidazole rings is 1. The monoisotopic (exact) mass is 385 g/mol. The van der Waals surface area contributed by atoms with Crippen LogP contribution in [0.4, 0.5) is 10.3 Å². The normalized spacial score (nSPS) is 11.3. The second-order valence-electron chi connectivity index (χ2n) is 4.50. The highest BCUT2D eigenvalue weighted by molar-refractivity contribution is 14.1. The number of benzene rings is 1. The van der Waals surface area contributed by atoms with Crippen molar-refractivity contribution in [3.63, 3.8) is 0 Å². The molecule has 1 aromatic carbocycles. The van der Waals surface area contributed by atoms with Gasteiger partial charge in [-0.1, -0.05) is 0 Å². The van der Waals surface area contributed by atoms with Crippen LogP contribution in [0.3, 0.4) is 0 Å². The number of hydrogen-bond acceptors (Lipinski definition) is 3. The Hall–Kier alpha value is -1.64. The molecule has 0 saturated heterocycles. The van der Waals surface area contributed by atoms with Crippen molar-refractivity contribution in [2.24, 2.45) is 0 Å². The number of nitrogens with zero attached hydrogens (tertiary/aromatic N) is 4. The molecule has 0 amide bonds. The molecule has 0 spiro atoms. The fourth-order valence-corrected chi connectivity index (χ4v) is 2.65. The van der Waals surface area contributed by atoms with Crippen LogP contribution in [0.25, 0.3) is 11.0 Å². The largest absolute Gasteiger partial charge is 0.369 e. The summed E-state index contributed by atoms with van der Waals surface area (Å²) in [6.07, 6.45) is 4.51. The van der Waals surface area contributed by atoms with Crippen LogP contribution in [0.2, 0.25) is 0 Å². The molecule has 0 atom stereocenters. The van der Waals surface area contributed by atoms with Gasteiger partial charge in [-0.15, -0.1) is 0 Å². The Morgan fingerprint density at radius 2 is 2.15 bits per heavy atom. The predicted octanol–water partition coefficient (Wildman–Crippen LogP) is 2.65. The number of halogens is 2. The van der Waals surface area contributed by atoms with E-state index in [0.717, 1.165) is 24.0 Å². The van der Waals surface area contributed by atoms with Gasteiger partial charge in [-0.2, -0.15) is 5.10 Å². The first-order chi connectivity index (χ1) is 9.65. The molecule has 0 unspecified atom stereocenters. The van der Waals surface area contributed by atoms with Crippen LogP contribution in [0.5, 0.6) is 0 Å². The van der Waals surface area contributed by atoms with Crippen molar-refractivity contribution in [1.29, 1.82) is 0 Å². The summed E-state index contributed by atoms with van der Waals surface area (Å²) in [5, 5.41) is 4.15. The highest BCUT2D eigenvalue weighted by Gasteiger charge is 2.11. The Labute approximate surface area is 128 Å². The highest BCUT2D eigenvalue weighted by atomic mass is 127. The minimum absolute atomic E-state index is 0.244. The van der Waals surface area contributed by atoms with Crippen LogP contribution in [0, 0.1) is 9.39 Å². The Morgan fingerprint density at radius 3 is 2.90 bits per heavy atom. The Morgan fingerprint density at radius 1 is 1.30 bits per heavy atom. The van der Waals surface area contributed by atoms with Crippen molar-refractivity contribution in [1.82, 2.24) is 19.3 Å². The number of aromatic nitrogens is 4. The minimum atomic E-state index is -0.244. The third kappa shape index (κ3) is 2.49. The van der Waals surface area contributed by atoms with E-state index in [1.807, 2.05) is 44.1 Å². The molecular weight excluding hydrogens is 372 g/mol. The number of nitrogens with two attached hydrogens (primary N) is 1. The zero-order chi connectivity index (χ0) is 14.1. The van der Waals surface area contributed by atoms with E-state index in [9.17, 15) is 4.39 Å². The number of hydrogen-bond donors (Lipinski definition) is 1. The van der Waals surface area contributed by atoms with Gasteiger partial charge in [-0.3, -0.25) is 4.68 Å². The third-order valence-electron chi connectivity index (χ3n) is 3.15. The molecule has 0 aliphatic heterocycles. The molecule has 0 aliphatic carbocycles. The topological polar surface area (TPSA) is 61.7 Å². The van der Waals surface area contributed by atoms with Gasteiger partial charge in [0.1, 0.15) is 5.82 Å². The molecule has 7 heteroatoms. The third-order valence-corrected chi connectivity index (χ3v) is 3.97. The van der Waals surface area contributed by atoms with Crippen LogP contribution < -0.4 is 5.73 Å². The van der Waals surface area contributed by atoms with Crippen molar-refractivity contribution < 1.29 is 4.39 Å². The fraction of sp³-hybridized carbons (Fsp3) is 0.231. The lowest BCUT2D eigenvalue weighted by Gasteiger charge is -2.07. The van der Waals surface area contributed by atoms with Crippen LogP contribution in [-0.2, 0) is 13.1 Å². The van der Waals surface area contributed by atoms with E-state index in [0.29, 0.717) is 16.1 Å². The zero-order valence-corrected chi connectivity index (χ0v) is 12.8. The maximum Gasteiger partial charge on any atom is 0.201 e. The van der Waals surface area contributed by atoms with Crippen LogP contribution in [-0.4, -0.2) is 19.3 Å². The van der Waals surface area contributed by atoms with Gasteiger partial charge < -0.3 is 10.3 Å². The molecule has 104 valence electrons. The predicted molar refractivity (Wildman–Crippen MR) is 83.7 cm³/mol. The molecule has 20 heavy (non-hydrogen) atoms. The molecule has 2 heterocycles. The van der Waals surface area contributed by atoms with E-state index < -0.39 is 0 Å². The molecule has 0 aliphatic rings. The number of rotatable bonds is 4. The summed E-state index contributed by atoms with van der Waals surface area (Å²) in [6, 6.07) is 5.10. The van der Waals surface area contributed by atoms with Gasteiger partial charge >= 0.3 is 0 Å². The smallest absolute Gasteiger partial charge is 0.201 e. The van der Waals surface area contributed by atoms with Gasteiger partial charge in [0.2, 0.25) is 5.95 Å². The standard InChI is InChI=1S/C13H13FIN5/c14-9-7-12-11(8-10(9)15)18-13(16)20(12)6-2-5-19-4-1-3-17-19/h1,3-4,7-8H,2,5-6H2,(H2,16,18). The average Bonchev–Trinajstić information content (AvgIpc) is 3.01. The zero-order valence-electron chi connectivity index (χ0n) is 10.6. The molecular formula is C13H13FIN5. The van der Waals surface area contributed by atoms with E-state index >= 15 is 0 Å². The molecule has 3 aromatic rings. The first-order valence-corrected chi connectivity index (χ1v) is 7.31. The second-order valence-corrected chi connectivity index (χ2v) is 5.66. The first kappa shape index (κ1) is 13.3. The average molecular weight is 385 g/mol. The van der Waals surface area contributed by atoms with Gasteiger partial charge in [-0.05, 0) is 41.1 Å². The lowest BCUT2D eigenvalue weighted by Crippen LogP contribution is -2.07. The summed E-state index contributed by atoms with van der Waals surface area (Å²) in [5.74, 6) is 0.174. The Balaban J connectivity index is 1.83. The van der Waals surface area contributed by atoms with E-state index in [4.69, 9.17) is 5.73 Å². The first-order valence-electron chi connectivity index (χ1n) is 6.23. The van der Waals surface area contributed by atoms with E-state index in [-0.39, 0.29) is 5.82 Å². The van der Waals surface area contributed by atoms with Gasteiger partial charge in [0.25, 0.3) is 0 Å². The molecule has 3 rings (SSSR count). The van der Waals surface area contributed by atoms with Crippen molar-refractivity contribution in [2.45, 2.75) is 19.5 Å². The maximum atomic E-state index is 13.7. The Kier molecular flexibility index (Phi) is 3.60. The maximum absolute atomic E-state index is 13.7. The van der Waals surface area contributed by atoms with Crippen LogP contribution >= 0.6 is 22.6 Å². The molecule has 0 radical (unpaired) electrons. The number of fused-ring (bicyclic) bond motifs is 1. The highest BCUT2D eigenvalue weighted by Crippen LogP contribution is 2.23. The van der Waals surface area contributed by atoms with Crippen molar-refractivity contribution in [3.8, 4) is 0 Å². The quantitative estimate of drug-likeness (QED) is 0.703. The van der Waals surface area contributed by atoms with Gasteiger partial charge in [0.05, 0.1) is 14.6 Å². The minimum Gasteiger partial charge on any atom is -0.369 e. The van der Waals surface area contributed by atoms with Crippen LogP contribution in [0.1, 0.15) is 6.42 Å². The van der Waals surface area contributed by atoms with Crippen molar-refractivity contribution in [2.75, 3.05) is 5.73 Å². The molecule has 5 nitrogen and oxygen atoms in total. The van der Waals surface area contributed by atoms with Crippen molar-refractivity contribution >= 4 is 39.6 Å². The van der Waals surface area contributed by atoms with E-state index in [2.05, 4.69) is 10.1 Å². The lowest BCUT2D eigenvalue weighted by molar-refractivity contribution is 0.534. The summed E-state index contributed by atoms with van der Waals surface area (Å²) in [7, 11) is 0. The van der Waals surface area contributed by atoms with E-state index in [1.165, 1.54) is 6.07 Å². The fourth-order valence-electron chi connectivity index (χ4n) is 2.20. The molecule has 2 aromatic heterocycles. The van der Waals surface area contributed by atoms with Crippen molar-refractivity contribution in [3.05, 3.63) is 40.0 Å². The molecule has 0 bridgehead atoms. The SMILES string of the molecule is Nc1nc2cc(I)c(F)cc2n1CCCn1cccn1. The summed E-state index contributed by atoms with van der Waals surface area (Å²) < 4.78 is 17.9. The summed E-state index contributed by atoms with van der Waals surface area (Å²) >= 11 is 1.95. The number of anilines is 1. The van der Waals surface area contributed by atoms with Gasteiger partial charge in [0.15, 0.2) is 0 Å².